The van der Waals surface area contributed by atoms with Gasteiger partial charge < -0.3 is 10.1 Å². The van der Waals surface area contributed by atoms with Crippen molar-refractivity contribution in [3.8, 4) is 12.3 Å². The summed E-state index contributed by atoms with van der Waals surface area (Å²) in [4.78, 5) is 0. The Morgan fingerprint density at radius 1 is 1.50 bits per heavy atom. The van der Waals surface area contributed by atoms with Crippen LogP contribution in [-0.4, -0.2) is 19.2 Å². The largest absolute Gasteiger partial charge is 0.372 e. The Morgan fingerprint density at radius 2 is 2.33 bits per heavy atom. The predicted octanol–water partition coefficient (Wildman–Crippen LogP) is 2.69. The molecule has 1 aliphatic rings. The van der Waals surface area contributed by atoms with Crippen molar-refractivity contribution in [3.05, 3.63) is 35.4 Å². The summed E-state index contributed by atoms with van der Waals surface area (Å²) in [6, 6.07) is 8.68. The summed E-state index contributed by atoms with van der Waals surface area (Å²) >= 11 is 0. The van der Waals surface area contributed by atoms with Crippen molar-refractivity contribution in [1.82, 2.24) is 5.32 Å². The molecular formula is C16H21NO. The number of nitrogens with one attached hydrogen (secondary N) is 1. The Balaban J connectivity index is 1.97. The van der Waals surface area contributed by atoms with Gasteiger partial charge in [-0.05, 0) is 24.0 Å². The van der Waals surface area contributed by atoms with Crippen LogP contribution >= 0.6 is 0 Å². The van der Waals surface area contributed by atoms with Crippen LogP contribution in [0, 0.1) is 12.3 Å². The molecule has 2 unspecified atom stereocenters. The minimum atomic E-state index is 0.141. The second kappa shape index (κ2) is 6.58. The van der Waals surface area contributed by atoms with E-state index in [1.165, 1.54) is 11.1 Å². The third-order valence-electron chi connectivity index (χ3n) is 3.42. The molecule has 1 aliphatic heterocycles. The average molecular weight is 243 g/mol. The number of fused-ring (bicyclic) bond motifs is 1. The summed E-state index contributed by atoms with van der Waals surface area (Å²) in [5.74, 6) is 2.80. The van der Waals surface area contributed by atoms with Crippen LogP contribution in [-0.2, 0) is 11.2 Å². The van der Waals surface area contributed by atoms with Crippen molar-refractivity contribution in [2.45, 2.75) is 38.3 Å². The molecule has 1 N–H and O–H groups in total. The number of rotatable bonds is 5. The van der Waals surface area contributed by atoms with E-state index in [9.17, 15) is 0 Å². The highest BCUT2D eigenvalue weighted by Crippen LogP contribution is 2.26. The normalized spacial score (nSPS) is 19.9. The van der Waals surface area contributed by atoms with Gasteiger partial charge in [0, 0.05) is 6.54 Å². The summed E-state index contributed by atoms with van der Waals surface area (Å²) in [5.41, 5.74) is 2.71. The lowest BCUT2D eigenvalue weighted by molar-refractivity contribution is 0.0415. The third-order valence-corrected chi connectivity index (χ3v) is 3.42. The Hall–Kier alpha value is -1.30. The lowest BCUT2D eigenvalue weighted by atomic mass is 9.97. The molecule has 2 nitrogen and oxygen atoms in total. The molecule has 0 aliphatic carbocycles. The number of hydrogen-bond donors (Lipinski definition) is 1. The monoisotopic (exact) mass is 243 g/mol. The van der Waals surface area contributed by atoms with Crippen molar-refractivity contribution >= 4 is 0 Å². The number of terminal acetylenes is 1. The third kappa shape index (κ3) is 3.13. The molecule has 0 fully saturated rings. The SMILES string of the molecule is C#CC(CCC)NCC1OCCc2ccccc21. The van der Waals surface area contributed by atoms with Gasteiger partial charge in [0.05, 0.1) is 18.8 Å². The molecular weight excluding hydrogens is 222 g/mol. The van der Waals surface area contributed by atoms with Crippen LogP contribution in [0.3, 0.4) is 0 Å². The summed E-state index contributed by atoms with van der Waals surface area (Å²) < 4.78 is 5.85. The highest BCUT2D eigenvalue weighted by molar-refractivity contribution is 5.31. The van der Waals surface area contributed by atoms with Gasteiger partial charge in [-0.25, -0.2) is 0 Å². The molecule has 0 spiro atoms. The molecule has 0 aromatic heterocycles. The molecule has 1 aromatic carbocycles. The zero-order valence-electron chi connectivity index (χ0n) is 11.0. The first-order chi connectivity index (χ1) is 8.85. The second-order valence-electron chi connectivity index (χ2n) is 4.72. The van der Waals surface area contributed by atoms with Gasteiger partial charge in [-0.1, -0.05) is 43.5 Å². The quantitative estimate of drug-likeness (QED) is 0.803. The maximum Gasteiger partial charge on any atom is 0.0952 e. The van der Waals surface area contributed by atoms with Gasteiger partial charge in [-0.2, -0.15) is 0 Å². The molecule has 2 atom stereocenters. The van der Waals surface area contributed by atoms with Crippen molar-refractivity contribution in [1.29, 1.82) is 0 Å². The number of hydrogen-bond acceptors (Lipinski definition) is 2. The van der Waals surface area contributed by atoms with Gasteiger partial charge in [0.15, 0.2) is 0 Å². The van der Waals surface area contributed by atoms with Crippen molar-refractivity contribution in [3.63, 3.8) is 0 Å². The maximum atomic E-state index is 5.85. The first-order valence-corrected chi connectivity index (χ1v) is 6.74. The van der Waals surface area contributed by atoms with Crippen molar-refractivity contribution in [2.24, 2.45) is 0 Å². The zero-order valence-corrected chi connectivity index (χ0v) is 11.0. The van der Waals surface area contributed by atoms with Crippen LogP contribution in [0.15, 0.2) is 24.3 Å². The predicted molar refractivity (Wildman–Crippen MR) is 74.4 cm³/mol. The van der Waals surface area contributed by atoms with Gasteiger partial charge in [-0.3, -0.25) is 0 Å². The molecule has 2 heteroatoms. The van der Waals surface area contributed by atoms with E-state index in [0.29, 0.717) is 0 Å². The molecule has 0 bridgehead atoms. The van der Waals surface area contributed by atoms with Crippen LogP contribution in [0.1, 0.15) is 37.0 Å². The van der Waals surface area contributed by atoms with E-state index in [0.717, 1.165) is 32.4 Å². The topological polar surface area (TPSA) is 21.3 Å². The minimum absolute atomic E-state index is 0.141. The van der Waals surface area contributed by atoms with Crippen LogP contribution in [0.25, 0.3) is 0 Å². The Labute approximate surface area is 110 Å². The van der Waals surface area contributed by atoms with Gasteiger partial charge in [-0.15, -0.1) is 6.42 Å². The van der Waals surface area contributed by atoms with E-state index in [-0.39, 0.29) is 12.1 Å². The van der Waals surface area contributed by atoms with Gasteiger partial charge >= 0.3 is 0 Å². The lowest BCUT2D eigenvalue weighted by Gasteiger charge is -2.27. The molecule has 18 heavy (non-hydrogen) atoms. The first-order valence-electron chi connectivity index (χ1n) is 6.74. The molecule has 0 radical (unpaired) electrons. The Bertz CT molecular complexity index is 421. The average Bonchev–Trinajstić information content (AvgIpc) is 2.43. The van der Waals surface area contributed by atoms with E-state index in [1.54, 1.807) is 0 Å². The van der Waals surface area contributed by atoms with Crippen LogP contribution in [0.4, 0.5) is 0 Å². The van der Waals surface area contributed by atoms with Crippen LogP contribution < -0.4 is 5.32 Å². The molecule has 0 amide bonds. The Morgan fingerprint density at radius 3 is 3.11 bits per heavy atom. The van der Waals surface area contributed by atoms with Gasteiger partial charge in [0.25, 0.3) is 0 Å². The van der Waals surface area contributed by atoms with E-state index in [2.05, 4.69) is 42.4 Å². The fourth-order valence-corrected chi connectivity index (χ4v) is 2.43. The highest BCUT2D eigenvalue weighted by Gasteiger charge is 2.20. The summed E-state index contributed by atoms with van der Waals surface area (Å²) in [5, 5.41) is 3.42. The zero-order chi connectivity index (χ0) is 12.8. The van der Waals surface area contributed by atoms with E-state index >= 15 is 0 Å². The standard InChI is InChI=1S/C16H21NO/c1-3-7-14(4-2)17-12-16-15-9-6-5-8-13(15)10-11-18-16/h2,5-6,8-9,14,16-17H,3,7,10-12H2,1H3. The maximum absolute atomic E-state index is 5.85. The van der Waals surface area contributed by atoms with Crippen LogP contribution in [0.2, 0.25) is 0 Å². The summed E-state index contributed by atoms with van der Waals surface area (Å²) in [7, 11) is 0. The minimum Gasteiger partial charge on any atom is -0.372 e. The molecule has 1 aromatic rings. The Kier molecular flexibility index (Phi) is 4.81. The molecule has 1 heterocycles. The van der Waals surface area contributed by atoms with Crippen molar-refractivity contribution < 1.29 is 4.74 Å². The fourth-order valence-electron chi connectivity index (χ4n) is 2.43. The lowest BCUT2D eigenvalue weighted by Crippen LogP contribution is -2.34. The number of benzene rings is 1. The second-order valence-corrected chi connectivity index (χ2v) is 4.72. The first kappa shape index (κ1) is 13.1. The van der Waals surface area contributed by atoms with E-state index < -0.39 is 0 Å². The fraction of sp³-hybridized carbons (Fsp3) is 0.500. The van der Waals surface area contributed by atoms with Crippen LogP contribution in [0.5, 0.6) is 0 Å². The summed E-state index contributed by atoms with van der Waals surface area (Å²) in [6.07, 6.45) is 8.79. The van der Waals surface area contributed by atoms with Gasteiger partial charge in [0.2, 0.25) is 0 Å². The van der Waals surface area contributed by atoms with E-state index in [4.69, 9.17) is 11.2 Å². The van der Waals surface area contributed by atoms with Gasteiger partial charge in [0.1, 0.15) is 0 Å². The molecule has 96 valence electrons. The van der Waals surface area contributed by atoms with E-state index in [1.807, 2.05) is 0 Å². The molecule has 0 saturated carbocycles. The number of ether oxygens (including phenoxy) is 1. The summed E-state index contributed by atoms with van der Waals surface area (Å²) in [6.45, 7) is 3.75. The molecule has 2 rings (SSSR count). The highest BCUT2D eigenvalue weighted by atomic mass is 16.5. The smallest absolute Gasteiger partial charge is 0.0952 e. The van der Waals surface area contributed by atoms with Crippen molar-refractivity contribution in [2.75, 3.05) is 13.2 Å². The molecule has 0 saturated heterocycles.